The third kappa shape index (κ3) is 3.76. The average Bonchev–Trinajstić information content (AvgIpc) is 2.21. The summed E-state index contributed by atoms with van der Waals surface area (Å²) in [5.74, 6) is 0.955. The zero-order chi connectivity index (χ0) is 12.1. The Hall–Kier alpha value is -0.610. The molecule has 0 saturated carbocycles. The van der Waals surface area contributed by atoms with Crippen molar-refractivity contribution in [3.8, 4) is 0 Å². The van der Waals surface area contributed by atoms with Gasteiger partial charge in [-0.15, -0.1) is 0 Å². The van der Waals surface area contributed by atoms with Crippen LogP contribution >= 0.6 is 0 Å². The smallest absolute Gasteiger partial charge is 0.236 e. The number of aliphatic hydroxyl groups is 1. The molecular weight excluding hydrogens is 204 g/mol. The van der Waals surface area contributed by atoms with E-state index in [9.17, 15) is 9.90 Å². The molecule has 1 rings (SSSR count). The van der Waals surface area contributed by atoms with Gasteiger partial charge in [0.25, 0.3) is 0 Å². The number of rotatable bonds is 4. The summed E-state index contributed by atoms with van der Waals surface area (Å²) in [7, 11) is 1.78. The molecule has 16 heavy (non-hydrogen) atoms. The molecule has 0 unspecified atom stereocenters. The van der Waals surface area contributed by atoms with Crippen LogP contribution in [0.1, 0.15) is 26.7 Å². The topological polar surface area (TPSA) is 52.6 Å². The minimum atomic E-state index is -0.235. The van der Waals surface area contributed by atoms with Crippen molar-refractivity contribution in [1.29, 1.82) is 0 Å². The molecule has 0 spiro atoms. The van der Waals surface area contributed by atoms with Gasteiger partial charge in [-0.05, 0) is 25.8 Å². The summed E-state index contributed by atoms with van der Waals surface area (Å²) in [5.41, 5.74) is 0. The van der Waals surface area contributed by atoms with Crippen LogP contribution in [-0.2, 0) is 4.79 Å². The summed E-state index contributed by atoms with van der Waals surface area (Å²) in [5, 5.41) is 12.8. The molecular formula is C12H24N2O2. The molecule has 1 amide bonds. The number of nitrogens with zero attached hydrogens (tertiary/aromatic N) is 1. The number of aliphatic hydroxyl groups excluding tert-OH is 1. The molecule has 1 fully saturated rings. The van der Waals surface area contributed by atoms with Gasteiger partial charge in [-0.25, -0.2) is 0 Å². The van der Waals surface area contributed by atoms with E-state index in [1.807, 2.05) is 4.90 Å². The SMILES string of the molecule is CNCC(=O)N1CC[C@H](O)[C@@H](CC(C)C)C1. The third-order valence-corrected chi connectivity index (χ3v) is 3.15. The van der Waals surface area contributed by atoms with E-state index in [1.54, 1.807) is 7.05 Å². The summed E-state index contributed by atoms with van der Waals surface area (Å²) < 4.78 is 0. The zero-order valence-electron chi connectivity index (χ0n) is 10.6. The van der Waals surface area contributed by atoms with Crippen LogP contribution in [0.15, 0.2) is 0 Å². The van der Waals surface area contributed by atoms with Crippen LogP contribution in [0, 0.1) is 11.8 Å². The molecule has 2 atom stereocenters. The highest BCUT2D eigenvalue weighted by molar-refractivity contribution is 5.78. The first kappa shape index (κ1) is 13.5. The van der Waals surface area contributed by atoms with Crippen LogP contribution in [0.5, 0.6) is 0 Å². The number of hydrogen-bond donors (Lipinski definition) is 2. The zero-order valence-corrected chi connectivity index (χ0v) is 10.6. The Morgan fingerprint density at radius 1 is 1.56 bits per heavy atom. The van der Waals surface area contributed by atoms with E-state index in [2.05, 4.69) is 19.2 Å². The lowest BCUT2D eigenvalue weighted by Gasteiger charge is -2.37. The molecule has 1 aliphatic rings. The molecule has 0 aromatic carbocycles. The molecule has 0 bridgehead atoms. The van der Waals surface area contributed by atoms with Crippen molar-refractivity contribution < 1.29 is 9.90 Å². The highest BCUT2D eigenvalue weighted by Gasteiger charge is 2.30. The van der Waals surface area contributed by atoms with Crippen LogP contribution in [0.4, 0.5) is 0 Å². The summed E-state index contributed by atoms with van der Waals surface area (Å²) in [6, 6.07) is 0. The van der Waals surface area contributed by atoms with Crippen molar-refractivity contribution in [3.63, 3.8) is 0 Å². The predicted octanol–water partition coefficient (Wildman–Crippen LogP) is 0.461. The summed E-state index contributed by atoms with van der Waals surface area (Å²) in [6.07, 6.45) is 1.47. The number of amides is 1. The first-order chi connectivity index (χ1) is 7.54. The summed E-state index contributed by atoms with van der Waals surface area (Å²) in [4.78, 5) is 13.6. The molecule has 0 aromatic heterocycles. The quantitative estimate of drug-likeness (QED) is 0.735. The second-order valence-corrected chi connectivity index (χ2v) is 5.12. The van der Waals surface area contributed by atoms with E-state index in [0.29, 0.717) is 32.0 Å². The Morgan fingerprint density at radius 2 is 2.25 bits per heavy atom. The number of likely N-dealkylation sites (N-methyl/N-ethyl adjacent to an activating group) is 1. The van der Waals surface area contributed by atoms with E-state index in [0.717, 1.165) is 6.42 Å². The maximum atomic E-state index is 11.7. The average molecular weight is 228 g/mol. The minimum Gasteiger partial charge on any atom is -0.393 e. The first-order valence-electron chi connectivity index (χ1n) is 6.15. The van der Waals surface area contributed by atoms with Gasteiger partial charge in [0.15, 0.2) is 0 Å². The monoisotopic (exact) mass is 228 g/mol. The number of piperidine rings is 1. The fourth-order valence-corrected chi connectivity index (χ4v) is 2.35. The Labute approximate surface area is 98.0 Å². The van der Waals surface area contributed by atoms with E-state index in [-0.39, 0.29) is 17.9 Å². The van der Waals surface area contributed by atoms with Crippen molar-refractivity contribution in [1.82, 2.24) is 10.2 Å². The van der Waals surface area contributed by atoms with Gasteiger partial charge in [0, 0.05) is 19.0 Å². The fourth-order valence-electron chi connectivity index (χ4n) is 2.35. The molecule has 1 saturated heterocycles. The highest BCUT2D eigenvalue weighted by Crippen LogP contribution is 2.23. The number of carbonyl (C=O) groups is 1. The number of hydrogen-bond acceptors (Lipinski definition) is 3. The lowest BCUT2D eigenvalue weighted by Crippen LogP contribution is -2.48. The van der Waals surface area contributed by atoms with Crippen LogP contribution in [0.3, 0.4) is 0 Å². The Bertz CT molecular complexity index is 231. The molecule has 0 aromatic rings. The second kappa shape index (κ2) is 6.21. The van der Waals surface area contributed by atoms with Crippen molar-refractivity contribution in [2.24, 2.45) is 11.8 Å². The largest absolute Gasteiger partial charge is 0.393 e. The molecule has 1 heterocycles. The molecule has 4 heteroatoms. The number of likely N-dealkylation sites (tertiary alicyclic amines) is 1. The first-order valence-corrected chi connectivity index (χ1v) is 6.15. The van der Waals surface area contributed by atoms with Crippen molar-refractivity contribution in [2.45, 2.75) is 32.8 Å². The van der Waals surface area contributed by atoms with E-state index in [4.69, 9.17) is 0 Å². The molecule has 2 N–H and O–H groups in total. The third-order valence-electron chi connectivity index (χ3n) is 3.15. The van der Waals surface area contributed by atoms with Gasteiger partial charge in [0.2, 0.25) is 5.91 Å². The number of carbonyl (C=O) groups excluding carboxylic acids is 1. The lowest BCUT2D eigenvalue weighted by molar-refractivity contribution is -0.134. The Balaban J connectivity index is 2.49. The standard InChI is InChI=1S/C12H24N2O2/c1-9(2)6-10-8-14(5-4-11(10)15)12(16)7-13-3/h9-11,13,15H,4-8H2,1-3H3/t10-,11-/m0/s1. The maximum Gasteiger partial charge on any atom is 0.236 e. The normalized spacial score (nSPS) is 26.2. The van der Waals surface area contributed by atoms with E-state index >= 15 is 0 Å². The predicted molar refractivity (Wildman–Crippen MR) is 64.1 cm³/mol. The molecule has 1 aliphatic heterocycles. The fraction of sp³-hybridized carbons (Fsp3) is 0.917. The Kier molecular flexibility index (Phi) is 5.22. The van der Waals surface area contributed by atoms with Crippen LogP contribution in [-0.4, -0.2) is 48.7 Å². The van der Waals surface area contributed by atoms with Crippen LogP contribution in [0.25, 0.3) is 0 Å². The van der Waals surface area contributed by atoms with Gasteiger partial charge in [0.05, 0.1) is 12.6 Å². The summed E-state index contributed by atoms with van der Waals surface area (Å²) in [6.45, 7) is 6.10. The highest BCUT2D eigenvalue weighted by atomic mass is 16.3. The van der Waals surface area contributed by atoms with Gasteiger partial charge < -0.3 is 15.3 Å². The van der Waals surface area contributed by atoms with Crippen molar-refractivity contribution >= 4 is 5.91 Å². The van der Waals surface area contributed by atoms with Gasteiger partial charge in [0.1, 0.15) is 0 Å². The van der Waals surface area contributed by atoms with E-state index < -0.39 is 0 Å². The lowest BCUT2D eigenvalue weighted by atomic mass is 9.87. The molecule has 4 nitrogen and oxygen atoms in total. The second-order valence-electron chi connectivity index (χ2n) is 5.12. The van der Waals surface area contributed by atoms with Gasteiger partial charge in [-0.2, -0.15) is 0 Å². The summed E-state index contributed by atoms with van der Waals surface area (Å²) >= 11 is 0. The molecule has 0 aliphatic carbocycles. The van der Waals surface area contributed by atoms with Gasteiger partial charge in [-0.1, -0.05) is 13.8 Å². The van der Waals surface area contributed by atoms with Crippen molar-refractivity contribution in [3.05, 3.63) is 0 Å². The van der Waals surface area contributed by atoms with Crippen LogP contribution in [0.2, 0.25) is 0 Å². The van der Waals surface area contributed by atoms with Crippen molar-refractivity contribution in [2.75, 3.05) is 26.7 Å². The minimum absolute atomic E-state index is 0.142. The maximum absolute atomic E-state index is 11.7. The van der Waals surface area contributed by atoms with Gasteiger partial charge in [-0.3, -0.25) is 4.79 Å². The van der Waals surface area contributed by atoms with Crippen LogP contribution < -0.4 is 5.32 Å². The van der Waals surface area contributed by atoms with Gasteiger partial charge >= 0.3 is 0 Å². The number of nitrogens with one attached hydrogen (secondary N) is 1. The molecule has 0 radical (unpaired) electrons. The molecule has 94 valence electrons. The van der Waals surface area contributed by atoms with E-state index in [1.165, 1.54) is 0 Å². The Morgan fingerprint density at radius 3 is 2.81 bits per heavy atom.